The number of likely N-dealkylation sites (N-methyl/N-ethyl adjacent to an activating group) is 1. The molecule has 27 heavy (non-hydrogen) atoms. The molecular formula is C20H24N2O4S. The molecule has 4 rings (SSSR count). The quantitative estimate of drug-likeness (QED) is 0.872. The van der Waals surface area contributed by atoms with Crippen LogP contribution < -0.4 is 14.2 Å². The molecule has 1 aliphatic carbocycles. The van der Waals surface area contributed by atoms with Gasteiger partial charge in [-0.2, -0.15) is 0 Å². The van der Waals surface area contributed by atoms with Gasteiger partial charge < -0.3 is 9.47 Å². The minimum Gasteiger partial charge on any atom is -0.493 e. The maximum absolute atomic E-state index is 11.7. The number of anilines is 1. The topological polar surface area (TPSA) is 67.9 Å². The number of hydrogen-bond donors (Lipinski definition) is 1. The lowest BCUT2D eigenvalue weighted by Gasteiger charge is -2.40. The number of fused-ring (bicyclic) bond motifs is 2. The van der Waals surface area contributed by atoms with E-state index in [9.17, 15) is 8.42 Å². The summed E-state index contributed by atoms with van der Waals surface area (Å²) in [6, 6.07) is 8.10. The normalized spacial score (nSPS) is 18.4. The van der Waals surface area contributed by atoms with Gasteiger partial charge in [0, 0.05) is 23.8 Å². The Bertz CT molecular complexity index is 1020. The predicted octanol–water partition coefficient (Wildman–Crippen LogP) is 2.83. The first kappa shape index (κ1) is 18.1. The Hall–Kier alpha value is -2.25. The summed E-state index contributed by atoms with van der Waals surface area (Å²) in [5.74, 6) is 1.41. The van der Waals surface area contributed by atoms with Crippen molar-refractivity contribution in [1.29, 1.82) is 0 Å². The maximum Gasteiger partial charge on any atom is 0.229 e. The fraction of sp³-hybridized carbons (Fsp3) is 0.400. The van der Waals surface area contributed by atoms with E-state index in [0.717, 1.165) is 36.8 Å². The highest BCUT2D eigenvalue weighted by Crippen LogP contribution is 2.52. The molecule has 7 heteroatoms. The largest absolute Gasteiger partial charge is 0.493 e. The van der Waals surface area contributed by atoms with Crippen LogP contribution in [0.4, 0.5) is 5.69 Å². The van der Waals surface area contributed by atoms with Crippen molar-refractivity contribution in [2.75, 3.05) is 38.8 Å². The Labute approximate surface area is 160 Å². The second-order valence-corrected chi connectivity index (χ2v) is 9.01. The van der Waals surface area contributed by atoms with Crippen LogP contribution in [0.5, 0.6) is 11.5 Å². The van der Waals surface area contributed by atoms with Gasteiger partial charge in [-0.05, 0) is 60.3 Å². The summed E-state index contributed by atoms with van der Waals surface area (Å²) in [5, 5.41) is 0. The molecule has 0 radical (unpaired) electrons. The highest BCUT2D eigenvalue weighted by atomic mass is 32.2. The van der Waals surface area contributed by atoms with Crippen molar-refractivity contribution in [3.05, 3.63) is 41.0 Å². The zero-order valence-electron chi connectivity index (χ0n) is 16.0. The van der Waals surface area contributed by atoms with E-state index in [2.05, 4.69) is 22.7 Å². The van der Waals surface area contributed by atoms with Crippen molar-refractivity contribution in [2.45, 2.75) is 18.9 Å². The molecule has 2 aliphatic rings. The van der Waals surface area contributed by atoms with Gasteiger partial charge in [0.2, 0.25) is 10.0 Å². The Kier molecular flexibility index (Phi) is 4.31. The number of nitrogens with one attached hydrogen (secondary N) is 1. The van der Waals surface area contributed by atoms with Crippen LogP contribution in [0.2, 0.25) is 0 Å². The first-order chi connectivity index (χ1) is 12.8. The van der Waals surface area contributed by atoms with Crippen LogP contribution >= 0.6 is 0 Å². The lowest BCUT2D eigenvalue weighted by molar-refractivity contribution is 0.226. The second-order valence-electron chi connectivity index (χ2n) is 7.26. The first-order valence-corrected chi connectivity index (χ1v) is 10.8. The standard InChI is InChI=1S/C20H24N2O4S/c1-22-8-7-13-10-17(25-2)20(26-3)19-15-11-14(21-27(4,23)24)6-5-12(15)9-16(22)18(13)19/h5-6,10-11,16,21H,7-9H2,1-4H3. The predicted molar refractivity (Wildman–Crippen MR) is 106 cm³/mol. The third-order valence-electron chi connectivity index (χ3n) is 5.49. The minimum atomic E-state index is -3.34. The highest BCUT2D eigenvalue weighted by Gasteiger charge is 2.36. The van der Waals surface area contributed by atoms with Crippen molar-refractivity contribution in [3.63, 3.8) is 0 Å². The summed E-state index contributed by atoms with van der Waals surface area (Å²) in [4.78, 5) is 2.38. The molecule has 1 atom stereocenters. The van der Waals surface area contributed by atoms with Crippen LogP contribution in [0.15, 0.2) is 24.3 Å². The van der Waals surface area contributed by atoms with Gasteiger partial charge in [0.1, 0.15) is 0 Å². The van der Waals surface area contributed by atoms with Gasteiger partial charge >= 0.3 is 0 Å². The molecule has 1 N–H and O–H groups in total. The van der Waals surface area contributed by atoms with Gasteiger partial charge in [-0.15, -0.1) is 0 Å². The lowest BCUT2D eigenvalue weighted by Crippen LogP contribution is -2.35. The van der Waals surface area contributed by atoms with Crippen molar-refractivity contribution in [2.24, 2.45) is 0 Å². The number of ether oxygens (including phenoxy) is 2. The van der Waals surface area contributed by atoms with Crippen LogP contribution in [0.1, 0.15) is 22.7 Å². The zero-order valence-corrected chi connectivity index (χ0v) is 16.8. The van der Waals surface area contributed by atoms with E-state index in [-0.39, 0.29) is 6.04 Å². The Morgan fingerprint density at radius 1 is 1.15 bits per heavy atom. The molecule has 1 unspecified atom stereocenters. The van der Waals surface area contributed by atoms with Crippen LogP contribution in [0.3, 0.4) is 0 Å². The number of methoxy groups -OCH3 is 2. The minimum absolute atomic E-state index is 0.282. The highest BCUT2D eigenvalue weighted by molar-refractivity contribution is 7.92. The molecule has 0 bridgehead atoms. The fourth-order valence-corrected chi connectivity index (χ4v) is 4.88. The van der Waals surface area contributed by atoms with Gasteiger partial charge in [0.25, 0.3) is 0 Å². The van der Waals surface area contributed by atoms with Crippen LogP contribution in [-0.2, 0) is 22.9 Å². The molecule has 0 amide bonds. The molecule has 0 aromatic heterocycles. The fourth-order valence-electron chi connectivity index (χ4n) is 4.32. The molecular weight excluding hydrogens is 364 g/mol. The Balaban J connectivity index is 2.00. The number of hydrogen-bond acceptors (Lipinski definition) is 5. The monoisotopic (exact) mass is 388 g/mol. The van der Waals surface area contributed by atoms with Crippen LogP contribution in [-0.4, -0.2) is 47.4 Å². The molecule has 0 fully saturated rings. The van der Waals surface area contributed by atoms with Crippen molar-refractivity contribution in [1.82, 2.24) is 4.90 Å². The molecule has 144 valence electrons. The van der Waals surface area contributed by atoms with Crippen LogP contribution in [0.25, 0.3) is 11.1 Å². The van der Waals surface area contributed by atoms with Crippen molar-refractivity contribution < 1.29 is 17.9 Å². The molecule has 2 aromatic rings. The van der Waals surface area contributed by atoms with Gasteiger partial charge in [-0.3, -0.25) is 9.62 Å². The van der Waals surface area contributed by atoms with Crippen molar-refractivity contribution in [3.8, 4) is 22.6 Å². The molecule has 0 saturated carbocycles. The summed E-state index contributed by atoms with van der Waals surface area (Å²) in [6.07, 6.45) is 3.00. The molecule has 6 nitrogen and oxygen atoms in total. The third-order valence-corrected chi connectivity index (χ3v) is 6.10. The van der Waals surface area contributed by atoms with E-state index in [0.29, 0.717) is 17.2 Å². The molecule has 0 spiro atoms. The first-order valence-electron chi connectivity index (χ1n) is 8.91. The van der Waals surface area contributed by atoms with E-state index in [4.69, 9.17) is 9.47 Å². The van der Waals surface area contributed by atoms with Crippen LogP contribution in [0, 0.1) is 0 Å². The summed E-state index contributed by atoms with van der Waals surface area (Å²) in [5.41, 5.74) is 6.29. The van der Waals surface area contributed by atoms with E-state index >= 15 is 0 Å². The maximum atomic E-state index is 11.7. The number of benzene rings is 2. The van der Waals surface area contributed by atoms with Gasteiger partial charge in [-0.25, -0.2) is 8.42 Å². The average molecular weight is 388 g/mol. The summed E-state index contributed by atoms with van der Waals surface area (Å²) in [7, 11) is 2.10. The molecule has 1 aliphatic heterocycles. The van der Waals surface area contributed by atoms with E-state index in [1.54, 1.807) is 14.2 Å². The smallest absolute Gasteiger partial charge is 0.229 e. The third kappa shape index (κ3) is 3.04. The molecule has 2 aromatic carbocycles. The van der Waals surface area contributed by atoms with Gasteiger partial charge in [-0.1, -0.05) is 6.07 Å². The van der Waals surface area contributed by atoms with E-state index in [1.807, 2.05) is 18.2 Å². The van der Waals surface area contributed by atoms with Gasteiger partial charge in [0.15, 0.2) is 11.5 Å². The summed E-state index contributed by atoms with van der Waals surface area (Å²) in [6.45, 7) is 0.996. The SMILES string of the molecule is COc1cc2c3c(c1OC)-c1cc(NS(C)(=O)=O)ccc1CC3N(C)CC2. The number of rotatable bonds is 4. The lowest BCUT2D eigenvalue weighted by atomic mass is 9.76. The molecule has 0 saturated heterocycles. The zero-order chi connectivity index (χ0) is 19.3. The Morgan fingerprint density at radius 3 is 2.59 bits per heavy atom. The summed E-state index contributed by atoms with van der Waals surface area (Å²) < 4.78 is 37.3. The summed E-state index contributed by atoms with van der Waals surface area (Å²) >= 11 is 0. The second kappa shape index (κ2) is 6.42. The van der Waals surface area contributed by atoms with E-state index in [1.165, 1.54) is 16.7 Å². The number of sulfonamides is 1. The van der Waals surface area contributed by atoms with Crippen molar-refractivity contribution >= 4 is 15.7 Å². The average Bonchev–Trinajstić information content (AvgIpc) is 2.62. The van der Waals surface area contributed by atoms with E-state index < -0.39 is 10.0 Å². The number of nitrogens with zero attached hydrogens (tertiary/aromatic N) is 1. The van der Waals surface area contributed by atoms with Gasteiger partial charge in [0.05, 0.1) is 20.5 Å². The molecule has 1 heterocycles. The Morgan fingerprint density at radius 2 is 1.93 bits per heavy atom.